The van der Waals surface area contributed by atoms with Gasteiger partial charge in [0, 0.05) is 31.1 Å². The van der Waals surface area contributed by atoms with Gasteiger partial charge < -0.3 is 9.64 Å². The second kappa shape index (κ2) is 6.51. The van der Waals surface area contributed by atoms with Crippen LogP contribution in [0.3, 0.4) is 0 Å². The number of hydrogen-bond donors (Lipinski definition) is 0. The molecule has 0 aliphatic carbocycles. The molecule has 1 heterocycles. The Balaban J connectivity index is 2.22. The number of aromatic nitrogens is 1. The van der Waals surface area contributed by atoms with Crippen LogP contribution in [0.4, 0.5) is 4.39 Å². The molecular weight excluding hydrogens is 345 g/mol. The SMILES string of the molecule is CN(C)C(=S)Oc1cc(F)c2cnsc2c1-c1ccc(C#N)cc1. The Morgan fingerprint density at radius 1 is 1.33 bits per heavy atom. The number of ether oxygens (including phenoxy) is 1. The van der Waals surface area contributed by atoms with Crippen molar-refractivity contribution in [2.75, 3.05) is 14.1 Å². The molecule has 0 radical (unpaired) electrons. The summed E-state index contributed by atoms with van der Waals surface area (Å²) in [5.41, 5.74) is 2.06. The summed E-state index contributed by atoms with van der Waals surface area (Å²) in [5, 5.41) is 9.62. The van der Waals surface area contributed by atoms with Crippen LogP contribution in [0.25, 0.3) is 21.2 Å². The third-order valence-corrected chi connectivity index (χ3v) is 4.69. The summed E-state index contributed by atoms with van der Waals surface area (Å²) in [6.07, 6.45) is 1.50. The van der Waals surface area contributed by atoms with Gasteiger partial charge in [-0.15, -0.1) is 0 Å². The summed E-state index contributed by atoms with van der Waals surface area (Å²) in [5.74, 6) is -0.0830. The maximum absolute atomic E-state index is 14.3. The average molecular weight is 357 g/mol. The van der Waals surface area contributed by atoms with E-state index >= 15 is 0 Å². The standard InChI is InChI=1S/C17H12FN3OS2/c1-21(2)17(23)22-14-7-13(18)12-9-20-24-16(12)15(14)11-5-3-10(8-19)4-6-11/h3-7,9H,1-2H3. The molecule has 3 rings (SSSR count). The van der Waals surface area contributed by atoms with Crippen molar-refractivity contribution < 1.29 is 9.13 Å². The van der Waals surface area contributed by atoms with Crippen molar-refractivity contribution in [3.8, 4) is 22.9 Å². The molecule has 1 aromatic heterocycles. The smallest absolute Gasteiger partial charge is 0.264 e. The summed E-state index contributed by atoms with van der Waals surface area (Å²) in [6, 6.07) is 10.4. The second-order valence-corrected chi connectivity index (χ2v) is 6.40. The summed E-state index contributed by atoms with van der Waals surface area (Å²) in [4.78, 5) is 1.63. The van der Waals surface area contributed by atoms with Crippen LogP contribution in [0, 0.1) is 17.1 Å². The quantitative estimate of drug-likeness (QED) is 0.643. The normalized spacial score (nSPS) is 10.4. The van der Waals surface area contributed by atoms with Gasteiger partial charge in [0.2, 0.25) is 0 Å². The van der Waals surface area contributed by atoms with E-state index in [2.05, 4.69) is 10.4 Å². The van der Waals surface area contributed by atoms with Crippen molar-refractivity contribution in [3.05, 3.63) is 47.9 Å². The van der Waals surface area contributed by atoms with Gasteiger partial charge in [-0.2, -0.15) is 9.64 Å². The molecule has 0 N–H and O–H groups in total. The number of halogens is 1. The molecule has 0 amide bonds. The zero-order valence-electron chi connectivity index (χ0n) is 12.9. The molecule has 0 saturated carbocycles. The molecule has 3 aromatic rings. The van der Waals surface area contributed by atoms with Gasteiger partial charge in [0.15, 0.2) is 0 Å². The second-order valence-electron chi connectivity index (χ2n) is 5.25. The number of hydrogen-bond acceptors (Lipinski definition) is 5. The van der Waals surface area contributed by atoms with Crippen LogP contribution in [0.1, 0.15) is 5.56 Å². The van der Waals surface area contributed by atoms with Crippen molar-refractivity contribution >= 4 is 39.0 Å². The molecule has 0 atom stereocenters. The first-order chi connectivity index (χ1) is 11.5. The molecule has 24 heavy (non-hydrogen) atoms. The lowest BCUT2D eigenvalue weighted by Crippen LogP contribution is -2.25. The van der Waals surface area contributed by atoms with Crippen molar-refractivity contribution in [3.63, 3.8) is 0 Å². The van der Waals surface area contributed by atoms with Gasteiger partial charge in [-0.1, -0.05) is 12.1 Å². The van der Waals surface area contributed by atoms with E-state index in [1.807, 2.05) is 0 Å². The van der Waals surface area contributed by atoms with E-state index in [0.29, 0.717) is 27.0 Å². The van der Waals surface area contributed by atoms with Gasteiger partial charge in [0.1, 0.15) is 11.6 Å². The Kier molecular flexibility index (Phi) is 4.42. The topological polar surface area (TPSA) is 49.1 Å². The molecule has 0 unspecified atom stereocenters. The maximum Gasteiger partial charge on any atom is 0.264 e. The number of fused-ring (bicyclic) bond motifs is 1. The predicted octanol–water partition coefficient (Wildman–Crippen LogP) is 4.20. The van der Waals surface area contributed by atoms with Crippen LogP contribution in [0.2, 0.25) is 0 Å². The minimum atomic E-state index is -0.410. The van der Waals surface area contributed by atoms with Crippen LogP contribution in [-0.4, -0.2) is 28.5 Å². The van der Waals surface area contributed by atoms with Crippen LogP contribution >= 0.6 is 23.8 Å². The molecule has 0 aliphatic heterocycles. The fourth-order valence-electron chi connectivity index (χ4n) is 2.22. The highest BCUT2D eigenvalue weighted by molar-refractivity contribution is 7.80. The molecule has 0 spiro atoms. The molecule has 0 aliphatic rings. The monoisotopic (exact) mass is 357 g/mol. The Hall–Kier alpha value is -2.56. The van der Waals surface area contributed by atoms with Gasteiger partial charge in [-0.3, -0.25) is 0 Å². The number of benzene rings is 2. The van der Waals surface area contributed by atoms with E-state index in [4.69, 9.17) is 22.2 Å². The lowest BCUT2D eigenvalue weighted by Gasteiger charge is -2.17. The molecule has 7 heteroatoms. The van der Waals surface area contributed by atoms with E-state index < -0.39 is 5.82 Å². The molecule has 0 saturated heterocycles. The zero-order valence-corrected chi connectivity index (χ0v) is 14.5. The lowest BCUT2D eigenvalue weighted by atomic mass is 10.0. The van der Waals surface area contributed by atoms with Crippen molar-refractivity contribution in [2.45, 2.75) is 0 Å². The summed E-state index contributed by atoms with van der Waals surface area (Å²) in [6.45, 7) is 0. The first-order valence-corrected chi connectivity index (χ1v) is 8.16. The summed E-state index contributed by atoms with van der Waals surface area (Å²) < 4.78 is 24.8. The number of nitrogens with zero attached hydrogens (tertiary/aromatic N) is 3. The number of rotatable bonds is 2. The van der Waals surface area contributed by atoms with E-state index in [1.54, 1.807) is 43.3 Å². The van der Waals surface area contributed by atoms with Crippen LogP contribution in [0.15, 0.2) is 36.5 Å². The van der Waals surface area contributed by atoms with E-state index in [-0.39, 0.29) is 5.17 Å². The van der Waals surface area contributed by atoms with E-state index in [1.165, 1.54) is 23.8 Å². The molecule has 120 valence electrons. The largest absolute Gasteiger partial charge is 0.431 e. The van der Waals surface area contributed by atoms with Gasteiger partial charge in [-0.05, 0) is 41.4 Å². The first-order valence-electron chi connectivity index (χ1n) is 6.98. The number of thiocarbonyl (C=S) groups is 1. The zero-order chi connectivity index (χ0) is 17.3. The Labute approximate surface area is 147 Å². The van der Waals surface area contributed by atoms with Crippen LogP contribution in [-0.2, 0) is 0 Å². The first kappa shape index (κ1) is 16.3. The van der Waals surface area contributed by atoms with E-state index in [0.717, 1.165) is 5.56 Å². The van der Waals surface area contributed by atoms with Gasteiger partial charge >= 0.3 is 0 Å². The highest BCUT2D eigenvalue weighted by atomic mass is 32.1. The van der Waals surface area contributed by atoms with Gasteiger partial charge in [0.25, 0.3) is 5.17 Å². The summed E-state index contributed by atoms with van der Waals surface area (Å²) >= 11 is 6.37. The van der Waals surface area contributed by atoms with Crippen LogP contribution in [0.5, 0.6) is 5.75 Å². The Morgan fingerprint density at radius 3 is 2.67 bits per heavy atom. The minimum Gasteiger partial charge on any atom is -0.431 e. The lowest BCUT2D eigenvalue weighted by molar-refractivity contribution is 0.448. The highest BCUT2D eigenvalue weighted by Gasteiger charge is 2.19. The molecule has 0 bridgehead atoms. The van der Waals surface area contributed by atoms with Gasteiger partial charge in [-0.25, -0.2) is 4.39 Å². The van der Waals surface area contributed by atoms with Gasteiger partial charge in [0.05, 0.1) is 22.5 Å². The average Bonchev–Trinajstić information content (AvgIpc) is 3.05. The van der Waals surface area contributed by atoms with Crippen molar-refractivity contribution in [1.29, 1.82) is 5.26 Å². The molecular formula is C17H12FN3OS2. The summed E-state index contributed by atoms with van der Waals surface area (Å²) in [7, 11) is 3.51. The maximum atomic E-state index is 14.3. The third-order valence-electron chi connectivity index (χ3n) is 3.42. The minimum absolute atomic E-state index is 0.230. The number of nitriles is 1. The van der Waals surface area contributed by atoms with E-state index in [9.17, 15) is 4.39 Å². The fraction of sp³-hybridized carbons (Fsp3) is 0.118. The fourth-order valence-corrected chi connectivity index (χ4v) is 3.13. The Morgan fingerprint density at radius 2 is 2.04 bits per heavy atom. The van der Waals surface area contributed by atoms with Crippen LogP contribution < -0.4 is 4.74 Å². The highest BCUT2D eigenvalue weighted by Crippen LogP contribution is 2.40. The Bertz CT molecular complexity index is 958. The van der Waals surface area contributed by atoms with Crippen molar-refractivity contribution in [1.82, 2.24) is 9.27 Å². The predicted molar refractivity (Wildman–Crippen MR) is 96.6 cm³/mol. The van der Waals surface area contributed by atoms with Crippen molar-refractivity contribution in [2.24, 2.45) is 0 Å². The molecule has 2 aromatic carbocycles. The third kappa shape index (κ3) is 2.94. The molecule has 0 fully saturated rings. The molecule has 4 nitrogen and oxygen atoms in total.